The lowest BCUT2D eigenvalue weighted by molar-refractivity contribution is 0.0279. The third-order valence-electron chi connectivity index (χ3n) is 2.62. The summed E-state index contributed by atoms with van der Waals surface area (Å²) in [5.41, 5.74) is -0.682. The Labute approximate surface area is 94.9 Å². The molecule has 16 heavy (non-hydrogen) atoms. The predicted octanol–water partition coefficient (Wildman–Crippen LogP) is 1.03. The van der Waals surface area contributed by atoms with E-state index in [1.807, 2.05) is 24.3 Å². The molecule has 0 saturated carbocycles. The zero-order valence-electron chi connectivity index (χ0n) is 9.19. The van der Waals surface area contributed by atoms with Gasteiger partial charge in [0, 0.05) is 26.1 Å². The molecule has 1 atom stereocenters. The molecule has 1 aliphatic heterocycles. The van der Waals surface area contributed by atoms with Crippen molar-refractivity contribution in [2.45, 2.75) is 12.0 Å². The van der Waals surface area contributed by atoms with Crippen LogP contribution in [0.4, 0.5) is 0 Å². The molecule has 88 valence electrons. The molecule has 1 saturated heterocycles. The third-order valence-corrected chi connectivity index (χ3v) is 2.62. The fourth-order valence-electron chi connectivity index (χ4n) is 1.69. The van der Waals surface area contributed by atoms with Crippen LogP contribution in [0.1, 0.15) is 12.2 Å². The number of nitrogens with one attached hydrogen (secondary N) is 1. The Morgan fingerprint density at radius 2 is 2.50 bits per heavy atom. The first kappa shape index (κ1) is 11.4. The largest absolute Gasteiger partial charge is 0.465 e. The van der Waals surface area contributed by atoms with Gasteiger partial charge in [0.2, 0.25) is 0 Å². The average Bonchev–Trinajstić information content (AvgIpc) is 2.89. The average molecular weight is 223 g/mol. The molecular formula is C12H17NO3. The molecule has 0 radical (unpaired) electrons. The summed E-state index contributed by atoms with van der Waals surface area (Å²) >= 11 is 0. The van der Waals surface area contributed by atoms with Gasteiger partial charge in [-0.2, -0.15) is 0 Å². The minimum absolute atomic E-state index is 0.432. The predicted molar refractivity (Wildman–Crippen MR) is 61.0 cm³/mol. The number of hydrogen-bond donors (Lipinski definition) is 2. The van der Waals surface area contributed by atoms with Crippen LogP contribution in [-0.2, 0) is 4.74 Å². The van der Waals surface area contributed by atoms with Gasteiger partial charge >= 0.3 is 0 Å². The van der Waals surface area contributed by atoms with E-state index in [4.69, 9.17) is 9.15 Å². The minimum atomic E-state index is -0.682. The molecule has 2 heterocycles. The normalized spacial score (nSPS) is 25.6. The highest BCUT2D eigenvalue weighted by Gasteiger charge is 2.31. The zero-order valence-corrected chi connectivity index (χ0v) is 9.19. The van der Waals surface area contributed by atoms with Gasteiger partial charge in [0.25, 0.3) is 0 Å². The number of hydrogen-bond acceptors (Lipinski definition) is 4. The van der Waals surface area contributed by atoms with Gasteiger partial charge in [-0.25, -0.2) is 0 Å². The second kappa shape index (κ2) is 5.30. The molecular weight excluding hydrogens is 206 g/mol. The summed E-state index contributed by atoms with van der Waals surface area (Å²) in [6.07, 6.45) is 6.23. The Morgan fingerprint density at radius 1 is 1.56 bits per heavy atom. The van der Waals surface area contributed by atoms with E-state index in [0.29, 0.717) is 32.7 Å². The molecule has 4 heteroatoms. The topological polar surface area (TPSA) is 54.6 Å². The molecule has 1 aromatic rings. The Balaban J connectivity index is 1.65. The summed E-state index contributed by atoms with van der Waals surface area (Å²) in [6.45, 7) is 2.36. The van der Waals surface area contributed by atoms with Crippen molar-refractivity contribution in [3.63, 3.8) is 0 Å². The third kappa shape index (κ3) is 3.20. The highest BCUT2D eigenvalue weighted by atomic mass is 16.5. The van der Waals surface area contributed by atoms with Crippen LogP contribution in [0, 0.1) is 0 Å². The molecule has 0 bridgehead atoms. The maximum Gasteiger partial charge on any atom is 0.126 e. The minimum Gasteiger partial charge on any atom is -0.465 e. The standard InChI is InChI=1S/C12H17NO3/c14-12(5-8-15-10-12)9-13-6-1-3-11-4-2-7-16-11/h1-4,7,13-14H,5-6,8-10H2/b3-1+. The summed E-state index contributed by atoms with van der Waals surface area (Å²) < 4.78 is 10.3. The van der Waals surface area contributed by atoms with Crippen molar-refractivity contribution >= 4 is 6.08 Å². The maximum atomic E-state index is 9.94. The second-order valence-electron chi connectivity index (χ2n) is 4.08. The van der Waals surface area contributed by atoms with Gasteiger partial charge in [0.1, 0.15) is 11.4 Å². The Bertz CT molecular complexity index is 326. The SMILES string of the molecule is OC1(CNC/C=C/c2ccco2)CCOC1. The van der Waals surface area contributed by atoms with Crippen molar-refractivity contribution in [2.24, 2.45) is 0 Å². The van der Waals surface area contributed by atoms with Gasteiger partial charge in [0.05, 0.1) is 12.9 Å². The number of furan rings is 1. The molecule has 0 aromatic carbocycles. The molecule has 1 unspecified atom stereocenters. The van der Waals surface area contributed by atoms with Crippen LogP contribution in [0.15, 0.2) is 28.9 Å². The van der Waals surface area contributed by atoms with E-state index < -0.39 is 5.60 Å². The van der Waals surface area contributed by atoms with Crippen LogP contribution >= 0.6 is 0 Å². The molecule has 2 N–H and O–H groups in total. The van der Waals surface area contributed by atoms with E-state index in [1.54, 1.807) is 6.26 Å². The molecule has 1 aromatic heterocycles. The molecule has 0 amide bonds. The summed E-state index contributed by atoms with van der Waals surface area (Å²) in [4.78, 5) is 0. The fourth-order valence-corrected chi connectivity index (χ4v) is 1.69. The van der Waals surface area contributed by atoms with E-state index in [0.717, 1.165) is 5.76 Å². The fraction of sp³-hybridized carbons (Fsp3) is 0.500. The molecule has 1 aliphatic rings. The van der Waals surface area contributed by atoms with Gasteiger partial charge < -0.3 is 19.6 Å². The van der Waals surface area contributed by atoms with Crippen molar-refractivity contribution < 1.29 is 14.3 Å². The molecule has 1 fully saturated rings. The molecule has 2 rings (SSSR count). The van der Waals surface area contributed by atoms with Crippen LogP contribution < -0.4 is 5.32 Å². The number of ether oxygens (including phenoxy) is 1. The van der Waals surface area contributed by atoms with Gasteiger partial charge in [-0.1, -0.05) is 6.08 Å². The molecule has 0 aliphatic carbocycles. The smallest absolute Gasteiger partial charge is 0.126 e. The van der Waals surface area contributed by atoms with Crippen molar-refractivity contribution in [2.75, 3.05) is 26.3 Å². The lowest BCUT2D eigenvalue weighted by Gasteiger charge is -2.19. The van der Waals surface area contributed by atoms with E-state index in [2.05, 4.69) is 5.32 Å². The second-order valence-corrected chi connectivity index (χ2v) is 4.08. The highest BCUT2D eigenvalue weighted by Crippen LogP contribution is 2.16. The van der Waals surface area contributed by atoms with Gasteiger partial charge in [-0.05, 0) is 18.2 Å². The summed E-state index contributed by atoms with van der Waals surface area (Å²) in [5, 5.41) is 13.1. The summed E-state index contributed by atoms with van der Waals surface area (Å²) in [6, 6.07) is 3.75. The number of rotatable bonds is 5. The Hall–Kier alpha value is -1.10. The van der Waals surface area contributed by atoms with E-state index >= 15 is 0 Å². The van der Waals surface area contributed by atoms with E-state index in [9.17, 15) is 5.11 Å². The first-order valence-corrected chi connectivity index (χ1v) is 5.49. The summed E-state index contributed by atoms with van der Waals surface area (Å²) in [7, 11) is 0. The Morgan fingerprint density at radius 3 is 3.19 bits per heavy atom. The maximum absolute atomic E-state index is 9.94. The quantitative estimate of drug-likeness (QED) is 0.732. The van der Waals surface area contributed by atoms with Gasteiger partial charge in [-0.3, -0.25) is 0 Å². The Kier molecular flexibility index (Phi) is 3.77. The lowest BCUT2D eigenvalue weighted by atomic mass is 10.0. The van der Waals surface area contributed by atoms with Crippen molar-refractivity contribution in [1.29, 1.82) is 0 Å². The number of aliphatic hydroxyl groups is 1. The van der Waals surface area contributed by atoms with Gasteiger partial charge in [0.15, 0.2) is 0 Å². The van der Waals surface area contributed by atoms with Gasteiger partial charge in [-0.15, -0.1) is 0 Å². The van der Waals surface area contributed by atoms with Crippen molar-refractivity contribution in [1.82, 2.24) is 5.32 Å². The van der Waals surface area contributed by atoms with Crippen LogP contribution in [-0.4, -0.2) is 37.0 Å². The molecule has 0 spiro atoms. The zero-order chi connectivity index (χ0) is 11.3. The monoisotopic (exact) mass is 223 g/mol. The van der Waals surface area contributed by atoms with Crippen molar-refractivity contribution in [3.05, 3.63) is 30.2 Å². The van der Waals surface area contributed by atoms with E-state index in [-0.39, 0.29) is 0 Å². The first-order valence-electron chi connectivity index (χ1n) is 5.49. The van der Waals surface area contributed by atoms with Crippen LogP contribution in [0.3, 0.4) is 0 Å². The van der Waals surface area contributed by atoms with Crippen LogP contribution in [0.2, 0.25) is 0 Å². The first-order chi connectivity index (χ1) is 7.79. The van der Waals surface area contributed by atoms with E-state index in [1.165, 1.54) is 0 Å². The highest BCUT2D eigenvalue weighted by molar-refractivity contribution is 5.42. The van der Waals surface area contributed by atoms with Crippen LogP contribution in [0.25, 0.3) is 6.08 Å². The summed E-state index contributed by atoms with van der Waals surface area (Å²) in [5.74, 6) is 0.838. The lowest BCUT2D eigenvalue weighted by Crippen LogP contribution is -2.41. The van der Waals surface area contributed by atoms with Crippen LogP contribution in [0.5, 0.6) is 0 Å². The van der Waals surface area contributed by atoms with Crippen molar-refractivity contribution in [3.8, 4) is 0 Å². The molecule has 4 nitrogen and oxygen atoms in total.